The molecular formula is C12H12Cl2N4O2. The molecule has 0 bridgehead atoms. The molecule has 2 aromatic rings. The van der Waals surface area contributed by atoms with Gasteiger partial charge in [-0.2, -0.15) is 18.7 Å². The minimum atomic E-state index is -0.541. The minimum absolute atomic E-state index is 0. The number of carbonyl (C=O) groups excluding carboxylic acids is 2. The van der Waals surface area contributed by atoms with Crippen LogP contribution in [-0.2, 0) is 0 Å². The smallest absolute Gasteiger partial charge is 0.493 e. The van der Waals surface area contributed by atoms with E-state index in [-0.39, 0.29) is 24.8 Å². The summed E-state index contributed by atoms with van der Waals surface area (Å²) in [5, 5.41) is 0. The van der Waals surface area contributed by atoms with E-state index >= 15 is 0 Å². The summed E-state index contributed by atoms with van der Waals surface area (Å²) in [6.07, 6.45) is 6.30. The Kier molecular flexibility index (Phi) is 6.61. The summed E-state index contributed by atoms with van der Waals surface area (Å²) in [6.45, 7) is 0. The molecule has 2 rings (SSSR count). The van der Waals surface area contributed by atoms with Crippen molar-refractivity contribution in [1.29, 1.82) is 0 Å². The molecule has 0 aliphatic carbocycles. The lowest BCUT2D eigenvalue weighted by molar-refractivity contribution is -0.570. The van der Waals surface area contributed by atoms with Crippen LogP contribution in [-0.4, -0.2) is 12.1 Å². The van der Waals surface area contributed by atoms with Gasteiger partial charge in [-0.05, 0) is 35.4 Å². The number of halogens is 2. The maximum atomic E-state index is 10.9. The number of aromatic nitrogens is 2. The number of nitrogens with two attached hydrogens (primary N) is 2. The Labute approximate surface area is 127 Å². The molecule has 2 amide bonds. The number of rotatable bonds is 1. The van der Waals surface area contributed by atoms with Crippen molar-refractivity contribution in [3.8, 4) is 11.1 Å². The van der Waals surface area contributed by atoms with Crippen molar-refractivity contribution in [2.24, 2.45) is 11.5 Å². The lowest BCUT2D eigenvalue weighted by Crippen LogP contribution is -3.00. The van der Waals surface area contributed by atoms with E-state index in [0.717, 1.165) is 11.1 Å². The molecule has 2 heterocycles. The molecule has 106 valence electrons. The van der Waals surface area contributed by atoms with Crippen molar-refractivity contribution in [2.75, 3.05) is 0 Å². The number of amides is 2. The fourth-order valence-corrected chi connectivity index (χ4v) is 1.53. The summed E-state index contributed by atoms with van der Waals surface area (Å²) < 4.78 is 2.55. The van der Waals surface area contributed by atoms with E-state index in [2.05, 4.69) is 0 Å². The van der Waals surface area contributed by atoms with E-state index in [4.69, 9.17) is 11.5 Å². The number of hydrogen-bond acceptors (Lipinski definition) is 2. The molecule has 2 aromatic heterocycles. The molecule has 0 spiro atoms. The Morgan fingerprint density at radius 1 is 0.700 bits per heavy atom. The van der Waals surface area contributed by atoms with E-state index in [1.807, 2.05) is 0 Å². The normalized spacial score (nSPS) is 9.00. The van der Waals surface area contributed by atoms with Crippen molar-refractivity contribution in [2.45, 2.75) is 0 Å². The van der Waals surface area contributed by atoms with Gasteiger partial charge in [-0.15, -0.1) is 0 Å². The van der Waals surface area contributed by atoms with Gasteiger partial charge in [0.15, 0.2) is 0 Å². The zero-order valence-electron chi connectivity index (χ0n) is 10.2. The van der Waals surface area contributed by atoms with Gasteiger partial charge in [-0.1, -0.05) is 0 Å². The zero-order chi connectivity index (χ0) is 13.1. The van der Waals surface area contributed by atoms with E-state index in [1.165, 1.54) is 9.13 Å². The van der Waals surface area contributed by atoms with Gasteiger partial charge >= 0.3 is 12.1 Å². The molecule has 0 saturated carbocycles. The summed E-state index contributed by atoms with van der Waals surface area (Å²) in [5.41, 5.74) is 12.1. The predicted octanol–water partition coefficient (Wildman–Crippen LogP) is -6.21. The van der Waals surface area contributed by atoms with Crippen LogP contribution in [0.1, 0.15) is 0 Å². The van der Waals surface area contributed by atoms with E-state index < -0.39 is 12.1 Å². The Balaban J connectivity index is 0.00000180. The second-order valence-corrected chi connectivity index (χ2v) is 3.66. The number of hydrogen-bond donors (Lipinski definition) is 2. The van der Waals surface area contributed by atoms with E-state index in [0.29, 0.717) is 0 Å². The Morgan fingerprint density at radius 3 is 1.15 bits per heavy atom. The summed E-state index contributed by atoms with van der Waals surface area (Å²) in [5.74, 6) is 0. The third-order valence-corrected chi connectivity index (χ3v) is 2.50. The number of pyridine rings is 2. The molecule has 8 heteroatoms. The first-order valence-corrected chi connectivity index (χ1v) is 5.20. The molecule has 0 unspecified atom stereocenters. The number of nitrogens with zero attached hydrogens (tertiary/aromatic N) is 2. The SMILES string of the molecule is NC(=O)[n+]1ccc(-c2cc[n+](C(N)=O)cc2)cc1.[Cl-].[Cl-]. The van der Waals surface area contributed by atoms with Gasteiger partial charge in [-0.25, -0.2) is 0 Å². The highest BCUT2D eigenvalue weighted by molar-refractivity contribution is 5.65. The molecule has 20 heavy (non-hydrogen) atoms. The monoisotopic (exact) mass is 314 g/mol. The number of primary amides is 2. The highest BCUT2D eigenvalue weighted by Gasteiger charge is 2.08. The second-order valence-electron chi connectivity index (χ2n) is 3.66. The summed E-state index contributed by atoms with van der Waals surface area (Å²) in [4.78, 5) is 21.8. The van der Waals surface area contributed by atoms with Crippen LogP contribution in [0.2, 0.25) is 0 Å². The summed E-state index contributed by atoms with van der Waals surface area (Å²) in [7, 11) is 0. The zero-order valence-corrected chi connectivity index (χ0v) is 11.8. The lowest BCUT2D eigenvalue weighted by Gasteiger charge is -2.00. The van der Waals surface area contributed by atoms with Gasteiger partial charge in [0.1, 0.15) is 0 Å². The summed E-state index contributed by atoms with van der Waals surface area (Å²) >= 11 is 0. The van der Waals surface area contributed by atoms with Crippen molar-refractivity contribution in [3.05, 3.63) is 49.1 Å². The van der Waals surface area contributed by atoms with Crippen LogP contribution >= 0.6 is 0 Å². The molecule has 0 aliphatic rings. The fourth-order valence-electron chi connectivity index (χ4n) is 1.53. The predicted molar refractivity (Wildman–Crippen MR) is 62.2 cm³/mol. The van der Waals surface area contributed by atoms with E-state index in [1.54, 1.807) is 49.1 Å². The molecule has 4 N–H and O–H groups in total. The van der Waals surface area contributed by atoms with Crippen LogP contribution in [0.4, 0.5) is 9.59 Å². The third-order valence-electron chi connectivity index (χ3n) is 2.50. The molecule has 0 aliphatic heterocycles. The van der Waals surface area contributed by atoms with E-state index in [9.17, 15) is 9.59 Å². The highest BCUT2D eigenvalue weighted by atomic mass is 35.5. The largest absolute Gasteiger partial charge is 1.00 e. The average molecular weight is 315 g/mol. The van der Waals surface area contributed by atoms with Gasteiger partial charge in [0.25, 0.3) is 0 Å². The van der Waals surface area contributed by atoms with Crippen LogP contribution in [0.15, 0.2) is 49.1 Å². The summed E-state index contributed by atoms with van der Waals surface area (Å²) in [6, 6.07) is 5.95. The lowest BCUT2D eigenvalue weighted by atomic mass is 10.1. The maximum Gasteiger partial charge on any atom is 0.493 e. The maximum absolute atomic E-state index is 10.9. The molecule has 0 fully saturated rings. The van der Waals surface area contributed by atoms with Crippen LogP contribution in [0.5, 0.6) is 0 Å². The van der Waals surface area contributed by atoms with Crippen molar-refractivity contribution in [3.63, 3.8) is 0 Å². The van der Waals surface area contributed by atoms with Crippen molar-refractivity contribution < 1.29 is 43.5 Å². The van der Waals surface area contributed by atoms with Gasteiger partial charge in [0.05, 0.1) is 24.8 Å². The van der Waals surface area contributed by atoms with Gasteiger partial charge in [0.2, 0.25) is 0 Å². The fraction of sp³-hybridized carbons (Fsp3) is 0. The highest BCUT2D eigenvalue weighted by Crippen LogP contribution is 2.15. The first kappa shape index (κ1) is 17.8. The molecule has 0 aromatic carbocycles. The van der Waals surface area contributed by atoms with Crippen LogP contribution < -0.4 is 45.4 Å². The molecule has 0 saturated heterocycles. The molecule has 0 atom stereocenters. The Morgan fingerprint density at radius 2 is 0.950 bits per heavy atom. The quantitative estimate of drug-likeness (QED) is 0.512. The van der Waals surface area contributed by atoms with Crippen LogP contribution in [0, 0.1) is 0 Å². The van der Waals surface area contributed by atoms with Gasteiger partial charge in [-0.3, -0.25) is 11.5 Å². The first-order chi connectivity index (χ1) is 8.58. The van der Waals surface area contributed by atoms with Crippen LogP contribution in [0.25, 0.3) is 11.1 Å². The average Bonchev–Trinajstić information content (AvgIpc) is 2.39. The number of carbonyl (C=O) groups is 2. The van der Waals surface area contributed by atoms with Crippen molar-refractivity contribution in [1.82, 2.24) is 0 Å². The van der Waals surface area contributed by atoms with Gasteiger partial charge < -0.3 is 24.8 Å². The Bertz CT molecular complexity index is 544. The molecule has 0 radical (unpaired) electrons. The van der Waals surface area contributed by atoms with Crippen LogP contribution in [0.3, 0.4) is 0 Å². The topological polar surface area (TPSA) is 93.9 Å². The molecular weight excluding hydrogens is 303 g/mol. The first-order valence-electron chi connectivity index (χ1n) is 5.20. The van der Waals surface area contributed by atoms with Crippen molar-refractivity contribution >= 4 is 12.1 Å². The Hall–Kier alpha value is -2.18. The minimum Gasteiger partial charge on any atom is -1.00 e. The van der Waals surface area contributed by atoms with Gasteiger partial charge in [0, 0.05) is 0 Å². The standard InChI is InChI=1S/C12H10N4O2.2ClH/c13-11(17)15-5-1-9(2-6-15)10-3-7-16(8-4-10)12(14)18;;/h1-8H,(H2-2,13,14,17,18);2*1H. The third kappa shape index (κ3) is 3.91. The molecule has 6 nitrogen and oxygen atoms in total. The second kappa shape index (κ2) is 7.42.